The van der Waals surface area contributed by atoms with Crippen LogP contribution in [0.5, 0.6) is 0 Å². The molecule has 2 nitrogen and oxygen atoms in total. The first-order valence-corrected chi connectivity index (χ1v) is 23.6. The molecular weight excluding hydrogens is 809 g/mol. The molecule has 0 amide bonds. The molecule has 322 valence electrons. The predicted octanol–water partition coefficient (Wildman–Crippen LogP) is 18.0. The Bertz CT molecular complexity index is 3670. The first-order valence-electron chi connectivity index (χ1n) is 23.6. The molecule has 0 radical (unpaired) electrons. The van der Waals surface area contributed by atoms with E-state index in [9.17, 15) is 0 Å². The van der Waals surface area contributed by atoms with Crippen LogP contribution < -0.4 is 4.90 Å². The minimum Gasteiger partial charge on any atom is -0.310 e. The SMILES string of the molecule is CC(C)(C)c1ccc(-c2cccc3c2c2ccccc2n3-c2ccccc2-c2ccc(N(c3ccc(-c4cccc5ccccc45)cc3)c3ccc4c(c3)C(C)(C)c3ccccc3-4)cc2)cc1. The van der Waals surface area contributed by atoms with Gasteiger partial charge in [0.1, 0.15) is 0 Å². The molecule has 1 heterocycles. The molecule has 1 aliphatic rings. The van der Waals surface area contributed by atoms with Crippen LogP contribution in [-0.4, -0.2) is 4.57 Å². The molecule has 12 rings (SSSR count). The van der Waals surface area contributed by atoms with Gasteiger partial charge in [0.25, 0.3) is 0 Å². The van der Waals surface area contributed by atoms with Gasteiger partial charge >= 0.3 is 0 Å². The Kier molecular flexibility index (Phi) is 9.45. The zero-order valence-electron chi connectivity index (χ0n) is 38.8. The molecule has 0 spiro atoms. The average molecular weight is 861 g/mol. The fraction of sp³-hybridized carbons (Fsp3) is 0.108. The number of anilines is 3. The minimum atomic E-state index is -0.121. The molecule has 67 heavy (non-hydrogen) atoms. The van der Waals surface area contributed by atoms with Crippen molar-refractivity contribution in [1.29, 1.82) is 0 Å². The maximum Gasteiger partial charge on any atom is 0.0547 e. The van der Waals surface area contributed by atoms with E-state index in [4.69, 9.17) is 0 Å². The van der Waals surface area contributed by atoms with Crippen LogP contribution >= 0.6 is 0 Å². The van der Waals surface area contributed by atoms with E-state index in [1.165, 1.54) is 88.2 Å². The number of hydrogen-bond acceptors (Lipinski definition) is 1. The van der Waals surface area contributed by atoms with Crippen molar-refractivity contribution in [2.45, 2.75) is 45.4 Å². The highest BCUT2D eigenvalue weighted by Gasteiger charge is 2.36. The Morgan fingerprint density at radius 3 is 1.64 bits per heavy atom. The van der Waals surface area contributed by atoms with Crippen molar-refractivity contribution in [3.05, 3.63) is 241 Å². The fourth-order valence-electron chi connectivity index (χ4n) is 10.9. The molecule has 10 aromatic carbocycles. The number of aromatic nitrogens is 1. The van der Waals surface area contributed by atoms with Gasteiger partial charge in [0, 0.05) is 38.8 Å². The number of nitrogens with zero attached hydrogens (tertiary/aromatic N) is 2. The van der Waals surface area contributed by atoms with Gasteiger partial charge in [-0.3, -0.25) is 0 Å². The second-order valence-corrected chi connectivity index (χ2v) is 19.8. The van der Waals surface area contributed by atoms with Crippen molar-refractivity contribution in [2.75, 3.05) is 4.90 Å². The number of rotatable bonds is 7. The third-order valence-corrected chi connectivity index (χ3v) is 14.4. The first kappa shape index (κ1) is 40.6. The third kappa shape index (κ3) is 6.70. The number of benzene rings is 10. The second kappa shape index (κ2) is 15.6. The van der Waals surface area contributed by atoms with E-state index in [2.05, 4.69) is 269 Å². The van der Waals surface area contributed by atoms with Crippen molar-refractivity contribution in [2.24, 2.45) is 0 Å². The van der Waals surface area contributed by atoms with Crippen molar-refractivity contribution < 1.29 is 0 Å². The van der Waals surface area contributed by atoms with E-state index in [-0.39, 0.29) is 10.8 Å². The van der Waals surface area contributed by atoms with Gasteiger partial charge in [0.15, 0.2) is 0 Å². The topological polar surface area (TPSA) is 8.17 Å². The van der Waals surface area contributed by atoms with Gasteiger partial charge in [-0.15, -0.1) is 0 Å². The van der Waals surface area contributed by atoms with Gasteiger partial charge < -0.3 is 9.47 Å². The maximum absolute atomic E-state index is 2.47. The summed E-state index contributed by atoms with van der Waals surface area (Å²) in [5.74, 6) is 0. The Balaban J connectivity index is 0.971. The average Bonchev–Trinajstić information content (AvgIpc) is 3.82. The summed E-state index contributed by atoms with van der Waals surface area (Å²) in [6, 6.07) is 83.2. The molecule has 0 atom stereocenters. The molecule has 0 saturated heterocycles. The Morgan fingerprint density at radius 2 is 0.896 bits per heavy atom. The van der Waals surface area contributed by atoms with Crippen molar-refractivity contribution in [3.63, 3.8) is 0 Å². The first-order chi connectivity index (χ1) is 32.6. The summed E-state index contributed by atoms with van der Waals surface area (Å²) >= 11 is 0. The Labute approximate surface area is 394 Å². The number of hydrogen-bond donors (Lipinski definition) is 0. The van der Waals surface area contributed by atoms with E-state index < -0.39 is 0 Å². The van der Waals surface area contributed by atoms with Crippen molar-refractivity contribution in [1.82, 2.24) is 4.57 Å². The largest absolute Gasteiger partial charge is 0.310 e. The third-order valence-electron chi connectivity index (χ3n) is 14.4. The lowest BCUT2D eigenvalue weighted by Gasteiger charge is -2.28. The highest BCUT2D eigenvalue weighted by atomic mass is 15.1. The smallest absolute Gasteiger partial charge is 0.0547 e. The summed E-state index contributed by atoms with van der Waals surface area (Å²) in [5.41, 5.74) is 20.9. The number of fused-ring (bicyclic) bond motifs is 7. The fourth-order valence-corrected chi connectivity index (χ4v) is 10.9. The molecular formula is C65H52N2. The molecule has 2 heteroatoms. The van der Waals surface area contributed by atoms with Crippen molar-refractivity contribution in [3.8, 4) is 50.2 Å². The van der Waals surface area contributed by atoms with Gasteiger partial charge in [-0.1, -0.05) is 204 Å². The van der Waals surface area contributed by atoms with Gasteiger partial charge in [0.2, 0.25) is 0 Å². The summed E-state index contributed by atoms with van der Waals surface area (Å²) in [6.07, 6.45) is 0. The molecule has 1 aliphatic carbocycles. The molecule has 0 unspecified atom stereocenters. The number of para-hydroxylation sites is 2. The summed E-state index contributed by atoms with van der Waals surface area (Å²) in [6.45, 7) is 11.5. The van der Waals surface area contributed by atoms with E-state index >= 15 is 0 Å². The van der Waals surface area contributed by atoms with Crippen LogP contribution in [-0.2, 0) is 10.8 Å². The van der Waals surface area contributed by atoms with Crippen LogP contribution in [0.2, 0.25) is 0 Å². The lowest BCUT2D eigenvalue weighted by molar-refractivity contribution is 0.590. The van der Waals surface area contributed by atoms with Crippen LogP contribution in [0.1, 0.15) is 51.3 Å². The van der Waals surface area contributed by atoms with E-state index in [1.807, 2.05) is 0 Å². The molecule has 11 aromatic rings. The van der Waals surface area contributed by atoms with Gasteiger partial charge in [-0.05, 0) is 126 Å². The van der Waals surface area contributed by atoms with Crippen molar-refractivity contribution >= 4 is 49.6 Å². The highest BCUT2D eigenvalue weighted by molar-refractivity contribution is 6.16. The van der Waals surface area contributed by atoms with E-state index in [0.717, 1.165) is 28.3 Å². The van der Waals surface area contributed by atoms with Crippen LogP contribution in [0.15, 0.2) is 224 Å². The normalized spacial score (nSPS) is 13.0. The lowest BCUT2D eigenvalue weighted by Crippen LogP contribution is -2.16. The zero-order valence-corrected chi connectivity index (χ0v) is 38.8. The van der Waals surface area contributed by atoms with E-state index in [0.29, 0.717) is 0 Å². The lowest BCUT2D eigenvalue weighted by atomic mass is 9.82. The summed E-state index contributed by atoms with van der Waals surface area (Å²) in [4.78, 5) is 2.42. The molecule has 0 aliphatic heterocycles. The molecule has 0 bridgehead atoms. The minimum absolute atomic E-state index is 0.0942. The standard InChI is InChI=1S/C65H52N2/c1-64(2,3)47-34-28-46(29-35-47)54-23-15-27-62-63(54)57-21-10-13-26-61(57)67(62)60-25-12-9-19-53(60)45-32-38-49(39-33-45)66(50-40-41-56-55-20-8-11-24-58(55)65(4,5)59(56)42-50)48-36-30-44(31-37-48)52-22-14-17-43-16-6-7-18-51(43)52/h6-42H,1-5H3. The summed E-state index contributed by atoms with van der Waals surface area (Å²) < 4.78 is 2.47. The molecule has 0 saturated carbocycles. The predicted molar refractivity (Wildman–Crippen MR) is 286 cm³/mol. The summed E-state index contributed by atoms with van der Waals surface area (Å²) in [7, 11) is 0. The van der Waals surface area contributed by atoms with Crippen LogP contribution in [0.3, 0.4) is 0 Å². The monoisotopic (exact) mass is 860 g/mol. The maximum atomic E-state index is 2.47. The highest BCUT2D eigenvalue weighted by Crippen LogP contribution is 2.51. The van der Waals surface area contributed by atoms with Gasteiger partial charge in [-0.2, -0.15) is 0 Å². The quantitative estimate of drug-likeness (QED) is 0.155. The van der Waals surface area contributed by atoms with Crippen LogP contribution in [0.4, 0.5) is 17.1 Å². The van der Waals surface area contributed by atoms with Crippen LogP contribution in [0, 0.1) is 0 Å². The zero-order chi connectivity index (χ0) is 45.4. The van der Waals surface area contributed by atoms with E-state index in [1.54, 1.807) is 0 Å². The summed E-state index contributed by atoms with van der Waals surface area (Å²) in [5, 5.41) is 5.03. The molecule has 0 N–H and O–H groups in total. The van der Waals surface area contributed by atoms with Gasteiger partial charge in [0.05, 0.1) is 16.7 Å². The molecule has 0 fully saturated rings. The van der Waals surface area contributed by atoms with Gasteiger partial charge in [-0.25, -0.2) is 0 Å². The second-order valence-electron chi connectivity index (χ2n) is 19.8. The van der Waals surface area contributed by atoms with Crippen LogP contribution in [0.25, 0.3) is 82.8 Å². The Morgan fingerprint density at radius 1 is 0.388 bits per heavy atom. The Hall–Kier alpha value is -7.94. The molecule has 1 aromatic heterocycles.